The van der Waals surface area contributed by atoms with E-state index in [1.54, 1.807) is 0 Å². The molecule has 0 fully saturated rings. The van der Waals surface area contributed by atoms with E-state index < -0.39 is 0 Å². The van der Waals surface area contributed by atoms with Crippen LogP contribution in [0.4, 0.5) is 0 Å². The molecule has 3 heteroatoms. The van der Waals surface area contributed by atoms with Gasteiger partial charge in [0.05, 0.1) is 5.76 Å². The zero-order chi connectivity index (χ0) is 14.3. The molecule has 0 saturated heterocycles. The molecule has 0 heterocycles. The highest BCUT2D eigenvalue weighted by Crippen LogP contribution is 2.39. The standard InChI is InChI=1S/C16H19BrO2/c1-8-10(3)16(17)11(4)9(2)15(8)12-5-13(18)7-14(19)6-12/h7,12,18H,5-6H2,1-4H3. The zero-order valence-electron chi connectivity index (χ0n) is 11.8. The van der Waals surface area contributed by atoms with E-state index >= 15 is 0 Å². The van der Waals surface area contributed by atoms with Crippen LogP contribution in [-0.4, -0.2) is 10.9 Å². The zero-order valence-corrected chi connectivity index (χ0v) is 13.4. The SMILES string of the molecule is Cc1c(C)c(C2CC(=O)C=C(O)C2)c(C)c(C)c1Br. The molecule has 1 aliphatic carbocycles. The number of aliphatic hydroxyl groups is 1. The molecule has 0 aliphatic heterocycles. The Kier molecular flexibility index (Phi) is 3.86. The van der Waals surface area contributed by atoms with Crippen LogP contribution < -0.4 is 0 Å². The van der Waals surface area contributed by atoms with Gasteiger partial charge < -0.3 is 5.11 Å². The van der Waals surface area contributed by atoms with E-state index in [0.29, 0.717) is 12.8 Å². The average Bonchev–Trinajstić information content (AvgIpc) is 2.33. The summed E-state index contributed by atoms with van der Waals surface area (Å²) in [4.78, 5) is 11.7. The third kappa shape index (κ3) is 2.48. The van der Waals surface area contributed by atoms with Gasteiger partial charge in [0.15, 0.2) is 5.78 Å². The van der Waals surface area contributed by atoms with Gasteiger partial charge in [-0.15, -0.1) is 0 Å². The Morgan fingerprint density at radius 1 is 1.05 bits per heavy atom. The summed E-state index contributed by atoms with van der Waals surface area (Å²) in [5.74, 6) is 0.326. The predicted octanol–water partition coefficient (Wildman–Crippen LogP) is 4.57. The molecule has 1 aromatic carbocycles. The third-order valence-corrected chi connectivity index (χ3v) is 5.42. The number of carbonyl (C=O) groups excluding carboxylic acids is 1. The first-order chi connectivity index (χ1) is 8.82. The maximum absolute atomic E-state index is 11.7. The molecule has 1 N–H and O–H groups in total. The first kappa shape index (κ1) is 14.3. The maximum atomic E-state index is 11.7. The minimum absolute atomic E-state index is 0.0192. The molecule has 0 spiro atoms. The fraction of sp³-hybridized carbons (Fsp3) is 0.438. The smallest absolute Gasteiger partial charge is 0.159 e. The van der Waals surface area contributed by atoms with Gasteiger partial charge >= 0.3 is 0 Å². The van der Waals surface area contributed by atoms with Gasteiger partial charge in [-0.2, -0.15) is 0 Å². The minimum atomic E-state index is 0.0192. The molecule has 102 valence electrons. The fourth-order valence-corrected chi connectivity index (χ4v) is 3.58. The number of rotatable bonds is 1. The Bertz CT molecular complexity index is 556. The second-order valence-corrected chi connectivity index (χ2v) is 6.23. The van der Waals surface area contributed by atoms with Crippen LogP contribution in [0.3, 0.4) is 0 Å². The molecule has 2 nitrogen and oxygen atoms in total. The van der Waals surface area contributed by atoms with Crippen LogP contribution >= 0.6 is 15.9 Å². The summed E-state index contributed by atoms with van der Waals surface area (Å²) >= 11 is 3.63. The van der Waals surface area contributed by atoms with Gasteiger partial charge in [-0.1, -0.05) is 15.9 Å². The van der Waals surface area contributed by atoms with Crippen molar-refractivity contribution in [2.24, 2.45) is 0 Å². The molecule has 1 aliphatic rings. The van der Waals surface area contributed by atoms with E-state index in [4.69, 9.17) is 0 Å². The summed E-state index contributed by atoms with van der Waals surface area (Å²) in [5, 5.41) is 9.72. The van der Waals surface area contributed by atoms with Crippen molar-refractivity contribution < 1.29 is 9.90 Å². The number of benzene rings is 1. The molecule has 0 radical (unpaired) electrons. The van der Waals surface area contributed by atoms with Gasteiger partial charge in [-0.25, -0.2) is 0 Å². The van der Waals surface area contributed by atoms with Gasteiger partial charge in [0, 0.05) is 23.4 Å². The summed E-state index contributed by atoms with van der Waals surface area (Å²) in [5.41, 5.74) is 6.12. The molecular formula is C16H19BrO2. The number of hydrogen-bond donors (Lipinski definition) is 1. The van der Waals surface area contributed by atoms with Crippen molar-refractivity contribution in [3.05, 3.63) is 44.1 Å². The highest BCUT2D eigenvalue weighted by molar-refractivity contribution is 9.10. The van der Waals surface area contributed by atoms with Gasteiger partial charge in [0.25, 0.3) is 0 Å². The molecular weight excluding hydrogens is 304 g/mol. The Balaban J connectivity index is 2.58. The van der Waals surface area contributed by atoms with Crippen LogP contribution in [-0.2, 0) is 4.79 Å². The lowest BCUT2D eigenvalue weighted by Gasteiger charge is -2.26. The molecule has 0 aromatic heterocycles. The molecule has 1 unspecified atom stereocenters. The summed E-state index contributed by atoms with van der Waals surface area (Å²) < 4.78 is 1.15. The van der Waals surface area contributed by atoms with Gasteiger partial charge in [-0.3, -0.25) is 4.79 Å². The van der Waals surface area contributed by atoms with Crippen molar-refractivity contribution in [2.75, 3.05) is 0 Å². The van der Waals surface area contributed by atoms with Crippen molar-refractivity contribution in [2.45, 2.75) is 46.5 Å². The summed E-state index contributed by atoms with van der Waals surface area (Å²) in [6.45, 7) is 8.38. The summed E-state index contributed by atoms with van der Waals surface area (Å²) in [6, 6.07) is 0. The molecule has 0 saturated carbocycles. The summed E-state index contributed by atoms with van der Waals surface area (Å²) in [7, 11) is 0. The first-order valence-electron chi connectivity index (χ1n) is 6.51. The first-order valence-corrected chi connectivity index (χ1v) is 7.30. The van der Waals surface area contributed by atoms with E-state index in [9.17, 15) is 9.90 Å². The number of carbonyl (C=O) groups is 1. The lowest BCUT2D eigenvalue weighted by molar-refractivity contribution is -0.115. The number of ketones is 1. The van der Waals surface area contributed by atoms with Crippen molar-refractivity contribution in [3.63, 3.8) is 0 Å². The molecule has 1 aromatic rings. The largest absolute Gasteiger partial charge is 0.512 e. The highest BCUT2D eigenvalue weighted by Gasteiger charge is 2.26. The van der Waals surface area contributed by atoms with Crippen LogP contribution in [0.15, 0.2) is 16.3 Å². The maximum Gasteiger partial charge on any atom is 0.159 e. The van der Waals surface area contributed by atoms with Gasteiger partial charge in [0.2, 0.25) is 0 Å². The van der Waals surface area contributed by atoms with E-state index in [1.807, 2.05) is 0 Å². The Hall–Kier alpha value is -1.09. The Labute approximate surface area is 122 Å². The van der Waals surface area contributed by atoms with Crippen LogP contribution in [0.2, 0.25) is 0 Å². The van der Waals surface area contributed by atoms with Crippen molar-refractivity contribution in [1.29, 1.82) is 0 Å². The number of hydrogen-bond acceptors (Lipinski definition) is 2. The molecule has 0 amide bonds. The topological polar surface area (TPSA) is 37.3 Å². The molecule has 0 bridgehead atoms. The normalized spacial score (nSPS) is 19.5. The van der Waals surface area contributed by atoms with Crippen LogP contribution in [0.1, 0.15) is 46.6 Å². The number of halogens is 1. The van der Waals surface area contributed by atoms with E-state index in [-0.39, 0.29) is 17.5 Å². The molecule has 2 rings (SSSR count). The molecule has 1 atom stereocenters. The second-order valence-electron chi connectivity index (χ2n) is 5.43. The molecule has 19 heavy (non-hydrogen) atoms. The Morgan fingerprint density at radius 3 is 2.05 bits per heavy atom. The number of allylic oxidation sites excluding steroid dienone is 2. The minimum Gasteiger partial charge on any atom is -0.512 e. The fourth-order valence-electron chi connectivity index (χ4n) is 2.98. The average molecular weight is 323 g/mol. The van der Waals surface area contributed by atoms with Crippen LogP contribution in [0.25, 0.3) is 0 Å². The van der Waals surface area contributed by atoms with Gasteiger partial charge in [0.1, 0.15) is 0 Å². The van der Waals surface area contributed by atoms with Crippen molar-refractivity contribution in [1.82, 2.24) is 0 Å². The van der Waals surface area contributed by atoms with Crippen LogP contribution in [0, 0.1) is 27.7 Å². The lowest BCUT2D eigenvalue weighted by Crippen LogP contribution is -2.16. The monoisotopic (exact) mass is 322 g/mol. The second kappa shape index (κ2) is 5.12. The lowest BCUT2D eigenvalue weighted by atomic mass is 9.79. The summed E-state index contributed by atoms with van der Waals surface area (Å²) in [6.07, 6.45) is 2.42. The van der Waals surface area contributed by atoms with Gasteiger partial charge in [-0.05, 0) is 61.4 Å². The third-order valence-electron chi connectivity index (χ3n) is 4.23. The highest BCUT2D eigenvalue weighted by atomic mass is 79.9. The predicted molar refractivity (Wildman–Crippen MR) is 80.8 cm³/mol. The Morgan fingerprint density at radius 2 is 1.58 bits per heavy atom. The van der Waals surface area contributed by atoms with Crippen molar-refractivity contribution in [3.8, 4) is 0 Å². The quantitative estimate of drug-likeness (QED) is 0.822. The van der Waals surface area contributed by atoms with Crippen molar-refractivity contribution >= 4 is 21.7 Å². The van der Waals surface area contributed by atoms with Crippen LogP contribution in [0.5, 0.6) is 0 Å². The van der Waals surface area contributed by atoms with E-state index in [1.165, 1.54) is 33.9 Å². The van der Waals surface area contributed by atoms with E-state index in [0.717, 1.165) is 4.47 Å². The van der Waals surface area contributed by atoms with E-state index in [2.05, 4.69) is 43.6 Å². The number of aliphatic hydroxyl groups excluding tert-OH is 1.